The molecule has 0 aliphatic rings. The van der Waals surface area contributed by atoms with Crippen molar-refractivity contribution in [2.75, 3.05) is 0 Å². The number of hydrogen-bond donors (Lipinski definition) is 0. The zero-order valence-corrected chi connectivity index (χ0v) is 10.7. The summed E-state index contributed by atoms with van der Waals surface area (Å²) in [5, 5.41) is 0. The Balaban J connectivity index is 0. The van der Waals surface area contributed by atoms with Gasteiger partial charge >= 0.3 is 0 Å². The zero-order valence-electron chi connectivity index (χ0n) is 1.51. The van der Waals surface area contributed by atoms with Crippen LogP contribution in [0.15, 0.2) is 0 Å². The average Bonchev–Trinajstić information content (AvgIpc) is 0. The molecule has 0 atom stereocenters. The average molecular weight is 572 g/mol. The Hall–Kier alpha value is 2.70. The van der Waals surface area contributed by atoms with Crippen LogP contribution in [-0.4, -0.2) is 0 Å². The van der Waals surface area contributed by atoms with E-state index >= 15 is 0 Å². The summed E-state index contributed by atoms with van der Waals surface area (Å²) in [7, 11) is 0. The molecule has 4 heteroatoms. The molecule has 0 spiro atoms. The molecule has 4 heavy (non-hydrogen) atoms. The van der Waals surface area contributed by atoms with E-state index in [1.54, 1.807) is 0 Å². The van der Waals surface area contributed by atoms with Gasteiger partial charge in [-0.3, -0.25) is 0 Å². The third-order valence-corrected chi connectivity index (χ3v) is 0. The van der Waals surface area contributed by atoms with Crippen molar-refractivity contribution in [3.63, 3.8) is 0 Å². The smallest absolute Gasteiger partial charge is 0 e. The van der Waals surface area contributed by atoms with E-state index in [-0.39, 0.29) is 83.0 Å². The van der Waals surface area contributed by atoms with Gasteiger partial charge in [0.05, 0.1) is 0 Å². The fourth-order valence-corrected chi connectivity index (χ4v) is 0. The summed E-state index contributed by atoms with van der Waals surface area (Å²) in [6.45, 7) is 0. The Morgan fingerprint density at radius 1 is 1.00 bits per heavy atom. The molecule has 0 unspecified atom stereocenters. The van der Waals surface area contributed by atoms with Gasteiger partial charge in [0.15, 0.2) is 0 Å². The van der Waals surface area contributed by atoms with Crippen molar-refractivity contribution in [1.29, 1.82) is 0 Å². The van der Waals surface area contributed by atoms with Crippen molar-refractivity contribution in [2.45, 2.75) is 0 Å². The van der Waals surface area contributed by atoms with Crippen LogP contribution in [0.1, 0.15) is 0 Å². The molecule has 0 rings (SSSR count). The predicted octanol–water partition coefficient (Wildman–Crippen LogP) is -0.0100. The van der Waals surface area contributed by atoms with Crippen LogP contribution in [0, 0.1) is 0 Å². The molecule has 0 N–H and O–H groups in total. The monoisotopic (exact) mass is 575 g/mol. The normalized spacial score (nSPS) is 0. The summed E-state index contributed by atoms with van der Waals surface area (Å²) in [5.41, 5.74) is 0. The van der Waals surface area contributed by atoms with Crippen LogP contribution in [0.25, 0.3) is 0 Å². The van der Waals surface area contributed by atoms with Gasteiger partial charge in [-0.1, -0.05) is 0 Å². The summed E-state index contributed by atoms with van der Waals surface area (Å²) in [5.74, 6) is 0. The first kappa shape index (κ1) is 29.9. The molecule has 0 nitrogen and oxygen atoms in total. The third-order valence-electron chi connectivity index (χ3n) is 0. The molecule has 29 valence electrons. The second-order valence-electron chi connectivity index (χ2n) is 0. The van der Waals surface area contributed by atoms with E-state index in [0.29, 0.717) is 0 Å². The van der Waals surface area contributed by atoms with Gasteiger partial charge in [0.1, 0.15) is 0 Å². The maximum Gasteiger partial charge on any atom is 0 e. The van der Waals surface area contributed by atoms with E-state index < -0.39 is 0 Å². The molecule has 0 aromatic carbocycles. The van der Waals surface area contributed by atoms with Crippen LogP contribution in [0.2, 0.25) is 0 Å². The van der Waals surface area contributed by atoms with Gasteiger partial charge in [-0.25, -0.2) is 0 Å². The quantitative estimate of drug-likeness (QED) is 0.359. The first-order valence-corrected chi connectivity index (χ1v) is 0. The topological polar surface area (TPSA) is 0 Å². The van der Waals surface area contributed by atoms with Crippen LogP contribution >= 0.6 is 0 Å². The summed E-state index contributed by atoms with van der Waals surface area (Å²) in [6, 6.07) is 0. The first-order valence-electron chi connectivity index (χ1n) is 0. The Kier molecular flexibility index (Phi) is 129. The fraction of sp³-hybridized carbons (Fsp3) is 0. The van der Waals surface area contributed by atoms with Crippen molar-refractivity contribution in [3.8, 4) is 0 Å². The zero-order chi connectivity index (χ0) is 0. The van der Waals surface area contributed by atoms with Gasteiger partial charge in [0.25, 0.3) is 0 Å². The molecule has 0 aliphatic heterocycles. The van der Waals surface area contributed by atoms with Crippen molar-refractivity contribution in [2.24, 2.45) is 0 Å². The van der Waals surface area contributed by atoms with E-state index in [0.717, 1.165) is 0 Å². The standard InChI is InChI=1S/Mo.Pd.Re.W. The molecule has 0 bridgehead atoms. The van der Waals surface area contributed by atoms with E-state index in [1.165, 1.54) is 0 Å². The van der Waals surface area contributed by atoms with Crippen molar-refractivity contribution < 1.29 is 83.0 Å². The van der Waals surface area contributed by atoms with Crippen LogP contribution in [0.4, 0.5) is 0 Å². The van der Waals surface area contributed by atoms with Crippen LogP contribution in [-0.2, 0) is 83.0 Å². The molecule has 0 aliphatic carbocycles. The van der Waals surface area contributed by atoms with E-state index in [4.69, 9.17) is 0 Å². The Bertz CT molecular complexity index is 8.00. The minimum atomic E-state index is 0. The maximum absolute atomic E-state index is 0. The van der Waals surface area contributed by atoms with Crippen molar-refractivity contribution in [1.82, 2.24) is 0 Å². The van der Waals surface area contributed by atoms with Gasteiger partial charge in [0.2, 0.25) is 0 Å². The Morgan fingerprint density at radius 2 is 1.00 bits per heavy atom. The molecular weight excluding hydrogens is 572 g/mol. The molecule has 0 fully saturated rings. The first-order chi connectivity index (χ1) is 0. The third kappa shape index (κ3) is 8.83. The fourth-order valence-electron chi connectivity index (χ4n) is 0. The minimum absolute atomic E-state index is 0. The van der Waals surface area contributed by atoms with E-state index in [9.17, 15) is 0 Å². The van der Waals surface area contributed by atoms with Crippen LogP contribution < -0.4 is 0 Å². The molecule has 0 saturated carbocycles. The predicted molar refractivity (Wildman–Crippen MR) is 0 cm³/mol. The van der Waals surface area contributed by atoms with Gasteiger partial charge in [-0.05, 0) is 0 Å². The minimum Gasteiger partial charge on any atom is 0 e. The SMILES string of the molecule is [Mo].[Pd].[Re].[W]. The summed E-state index contributed by atoms with van der Waals surface area (Å²) < 4.78 is 0. The van der Waals surface area contributed by atoms with Gasteiger partial charge in [0, 0.05) is 83.0 Å². The van der Waals surface area contributed by atoms with Gasteiger partial charge in [-0.15, -0.1) is 0 Å². The molecular formula is MoPdReW. The second kappa shape index (κ2) is 17.3. The summed E-state index contributed by atoms with van der Waals surface area (Å²) in [6.07, 6.45) is 0. The largest absolute Gasteiger partial charge is 0 e. The number of hydrogen-bond acceptors (Lipinski definition) is 0. The second-order valence-corrected chi connectivity index (χ2v) is 0. The molecule has 0 aromatic heterocycles. The molecule has 0 heterocycles. The van der Waals surface area contributed by atoms with Crippen molar-refractivity contribution >= 4 is 0 Å². The van der Waals surface area contributed by atoms with Gasteiger partial charge in [-0.2, -0.15) is 0 Å². The molecule has 0 aromatic rings. The Labute approximate surface area is 81.7 Å². The summed E-state index contributed by atoms with van der Waals surface area (Å²) >= 11 is 0. The summed E-state index contributed by atoms with van der Waals surface area (Å²) in [4.78, 5) is 0. The van der Waals surface area contributed by atoms with Crippen LogP contribution in [0.5, 0.6) is 0 Å². The van der Waals surface area contributed by atoms with E-state index in [1.807, 2.05) is 0 Å². The maximum atomic E-state index is 0. The molecule has 1 radical (unpaired) electrons. The van der Waals surface area contributed by atoms with Crippen molar-refractivity contribution in [3.05, 3.63) is 0 Å². The van der Waals surface area contributed by atoms with E-state index in [2.05, 4.69) is 0 Å². The Morgan fingerprint density at radius 3 is 1.00 bits per heavy atom. The molecule has 0 amide bonds. The van der Waals surface area contributed by atoms with Gasteiger partial charge < -0.3 is 0 Å². The number of rotatable bonds is 0. The molecule has 0 saturated heterocycles. The van der Waals surface area contributed by atoms with Crippen LogP contribution in [0.3, 0.4) is 0 Å².